The fraction of sp³-hybridized carbons (Fsp3) is 0.684. The van der Waals surface area contributed by atoms with Crippen molar-refractivity contribution in [2.45, 2.75) is 71.8 Å². The van der Waals surface area contributed by atoms with E-state index < -0.39 is 0 Å². The van der Waals surface area contributed by atoms with Crippen molar-refractivity contribution in [2.75, 3.05) is 6.54 Å². The average molecular weight is 289 g/mol. The monoisotopic (exact) mass is 289 g/mol. The minimum atomic E-state index is -0.0451. The van der Waals surface area contributed by atoms with Gasteiger partial charge < -0.3 is 10.4 Å². The molecule has 2 N–H and O–H groups in total. The molecule has 0 amide bonds. The lowest BCUT2D eigenvalue weighted by Gasteiger charge is -2.28. The summed E-state index contributed by atoms with van der Waals surface area (Å²) < 4.78 is 0. The van der Waals surface area contributed by atoms with Crippen molar-refractivity contribution in [1.29, 1.82) is 0 Å². The van der Waals surface area contributed by atoms with Crippen LogP contribution >= 0.6 is 0 Å². The third kappa shape index (κ3) is 4.23. The van der Waals surface area contributed by atoms with Gasteiger partial charge in [0.05, 0.1) is 0 Å². The largest absolute Gasteiger partial charge is 0.507 e. The molecule has 0 radical (unpaired) electrons. The van der Waals surface area contributed by atoms with Crippen LogP contribution in [0.1, 0.15) is 71.1 Å². The van der Waals surface area contributed by atoms with E-state index in [1.807, 2.05) is 0 Å². The summed E-state index contributed by atoms with van der Waals surface area (Å²) in [5.74, 6) is 1.37. The Labute approximate surface area is 130 Å². The topological polar surface area (TPSA) is 32.3 Å². The third-order valence-corrected chi connectivity index (χ3v) is 4.24. The summed E-state index contributed by atoms with van der Waals surface area (Å²) in [5, 5.41) is 14.2. The second kappa shape index (κ2) is 5.64. The van der Waals surface area contributed by atoms with Gasteiger partial charge >= 0.3 is 0 Å². The molecule has 0 aliphatic heterocycles. The van der Waals surface area contributed by atoms with E-state index in [2.05, 4.69) is 59.0 Å². The van der Waals surface area contributed by atoms with E-state index in [0.29, 0.717) is 5.75 Å². The number of nitrogens with one attached hydrogen (secondary N) is 1. The van der Waals surface area contributed by atoms with Crippen LogP contribution in [0, 0.1) is 5.92 Å². The molecule has 1 aromatic carbocycles. The van der Waals surface area contributed by atoms with Crippen LogP contribution < -0.4 is 5.32 Å². The average Bonchev–Trinajstić information content (AvgIpc) is 3.12. The van der Waals surface area contributed by atoms with Crippen LogP contribution in [-0.4, -0.2) is 11.7 Å². The third-order valence-electron chi connectivity index (χ3n) is 4.24. The summed E-state index contributed by atoms with van der Waals surface area (Å²) in [5.41, 5.74) is 3.30. The van der Waals surface area contributed by atoms with Crippen LogP contribution in [0.2, 0.25) is 0 Å². The first-order valence-corrected chi connectivity index (χ1v) is 8.16. The Morgan fingerprint density at radius 3 is 1.86 bits per heavy atom. The fourth-order valence-corrected chi connectivity index (χ4v) is 2.68. The highest BCUT2D eigenvalue weighted by Crippen LogP contribution is 2.39. The maximum atomic E-state index is 10.7. The molecular weight excluding hydrogens is 258 g/mol. The molecule has 1 aromatic rings. The van der Waals surface area contributed by atoms with Crippen LogP contribution in [0.3, 0.4) is 0 Å². The number of aromatic hydroxyl groups is 1. The van der Waals surface area contributed by atoms with E-state index in [-0.39, 0.29) is 10.8 Å². The molecule has 118 valence electrons. The van der Waals surface area contributed by atoms with Gasteiger partial charge in [0, 0.05) is 6.54 Å². The maximum Gasteiger partial charge on any atom is 0.123 e. The van der Waals surface area contributed by atoms with Crippen LogP contribution in [0.15, 0.2) is 12.1 Å². The predicted molar refractivity (Wildman–Crippen MR) is 89.9 cm³/mol. The van der Waals surface area contributed by atoms with Crippen molar-refractivity contribution in [3.05, 3.63) is 28.8 Å². The Bertz CT molecular complexity index is 466. The van der Waals surface area contributed by atoms with Gasteiger partial charge in [-0.2, -0.15) is 0 Å². The van der Waals surface area contributed by atoms with Crippen molar-refractivity contribution in [3.8, 4) is 5.75 Å². The maximum absolute atomic E-state index is 10.7. The van der Waals surface area contributed by atoms with Gasteiger partial charge in [0.15, 0.2) is 0 Å². The predicted octanol–water partition coefficient (Wildman–Crippen LogP) is 4.49. The van der Waals surface area contributed by atoms with E-state index in [4.69, 9.17) is 0 Å². The van der Waals surface area contributed by atoms with Gasteiger partial charge in [0.2, 0.25) is 0 Å². The lowest BCUT2D eigenvalue weighted by atomic mass is 9.78. The highest BCUT2D eigenvalue weighted by Gasteiger charge is 2.26. The molecule has 1 saturated carbocycles. The zero-order chi connectivity index (χ0) is 15.8. The Kier molecular flexibility index (Phi) is 4.39. The molecule has 0 atom stereocenters. The lowest BCUT2D eigenvalue weighted by molar-refractivity contribution is 0.422. The van der Waals surface area contributed by atoms with Crippen LogP contribution in [0.4, 0.5) is 0 Å². The summed E-state index contributed by atoms with van der Waals surface area (Å²) in [6.45, 7) is 15.0. The van der Waals surface area contributed by atoms with E-state index in [9.17, 15) is 5.11 Å². The van der Waals surface area contributed by atoms with Crippen molar-refractivity contribution < 1.29 is 5.11 Å². The van der Waals surface area contributed by atoms with Gasteiger partial charge in [-0.05, 0) is 52.8 Å². The zero-order valence-corrected chi connectivity index (χ0v) is 14.5. The number of phenolic OH excluding ortho intramolecular Hbond substituents is 1. The van der Waals surface area contributed by atoms with Crippen LogP contribution in [0.25, 0.3) is 0 Å². The normalized spacial score (nSPS) is 16.3. The Morgan fingerprint density at radius 1 is 1.00 bits per heavy atom. The van der Waals surface area contributed by atoms with E-state index in [0.717, 1.165) is 30.1 Å². The molecule has 0 heterocycles. The number of rotatable bonds is 4. The fourth-order valence-electron chi connectivity index (χ4n) is 2.68. The molecule has 2 nitrogen and oxygen atoms in total. The van der Waals surface area contributed by atoms with Crippen LogP contribution in [0.5, 0.6) is 5.75 Å². The number of benzene rings is 1. The molecule has 0 unspecified atom stereocenters. The second-order valence-electron chi connectivity index (χ2n) is 8.61. The standard InChI is InChI=1S/C19H31NO/c1-18(2,3)15-9-14(12-20-11-13-7-8-13)10-16(17(15)21)19(4,5)6/h9-10,13,20-21H,7-8,11-12H2,1-6H3. The molecule has 0 spiro atoms. The van der Waals surface area contributed by atoms with Crippen LogP contribution in [-0.2, 0) is 17.4 Å². The molecule has 1 aliphatic carbocycles. The van der Waals surface area contributed by atoms with Gasteiger partial charge in [-0.3, -0.25) is 0 Å². The Morgan fingerprint density at radius 2 is 1.48 bits per heavy atom. The second-order valence-corrected chi connectivity index (χ2v) is 8.61. The quantitative estimate of drug-likeness (QED) is 0.856. The van der Waals surface area contributed by atoms with E-state index >= 15 is 0 Å². The van der Waals surface area contributed by atoms with Gasteiger partial charge in [0.25, 0.3) is 0 Å². The number of hydrogen-bond donors (Lipinski definition) is 2. The molecule has 0 bridgehead atoms. The van der Waals surface area contributed by atoms with Crippen molar-refractivity contribution in [1.82, 2.24) is 5.32 Å². The minimum absolute atomic E-state index is 0.0451. The first kappa shape index (κ1) is 16.4. The smallest absolute Gasteiger partial charge is 0.123 e. The summed E-state index contributed by atoms with van der Waals surface area (Å²) in [6, 6.07) is 4.34. The van der Waals surface area contributed by atoms with Gasteiger partial charge in [-0.1, -0.05) is 53.7 Å². The molecule has 21 heavy (non-hydrogen) atoms. The molecule has 0 aromatic heterocycles. The molecule has 2 rings (SSSR count). The van der Waals surface area contributed by atoms with Gasteiger partial charge in [-0.25, -0.2) is 0 Å². The molecular formula is C19H31NO. The summed E-state index contributed by atoms with van der Waals surface area (Å²) >= 11 is 0. The summed E-state index contributed by atoms with van der Waals surface area (Å²) in [4.78, 5) is 0. The number of hydrogen-bond acceptors (Lipinski definition) is 2. The van der Waals surface area contributed by atoms with Crippen molar-refractivity contribution in [2.24, 2.45) is 5.92 Å². The molecule has 1 aliphatic rings. The first-order valence-electron chi connectivity index (χ1n) is 8.16. The Hall–Kier alpha value is -1.02. The minimum Gasteiger partial charge on any atom is -0.507 e. The highest BCUT2D eigenvalue weighted by atomic mass is 16.3. The molecule has 2 heteroatoms. The summed E-state index contributed by atoms with van der Waals surface area (Å²) in [7, 11) is 0. The van der Waals surface area contributed by atoms with Crippen molar-refractivity contribution >= 4 is 0 Å². The van der Waals surface area contributed by atoms with E-state index in [1.54, 1.807) is 0 Å². The zero-order valence-electron chi connectivity index (χ0n) is 14.5. The van der Waals surface area contributed by atoms with E-state index in [1.165, 1.54) is 18.4 Å². The Balaban J connectivity index is 2.31. The lowest BCUT2D eigenvalue weighted by Crippen LogP contribution is -2.20. The van der Waals surface area contributed by atoms with Gasteiger partial charge in [0.1, 0.15) is 5.75 Å². The molecule has 0 saturated heterocycles. The molecule has 1 fully saturated rings. The van der Waals surface area contributed by atoms with Gasteiger partial charge in [-0.15, -0.1) is 0 Å². The van der Waals surface area contributed by atoms with Crippen molar-refractivity contribution in [3.63, 3.8) is 0 Å². The SMILES string of the molecule is CC(C)(C)c1cc(CNCC2CC2)cc(C(C)(C)C)c1O. The highest BCUT2D eigenvalue weighted by molar-refractivity contribution is 5.49. The first-order chi connectivity index (χ1) is 9.59. The summed E-state index contributed by atoms with van der Waals surface area (Å²) in [6.07, 6.45) is 2.76. The number of phenols is 1.